The van der Waals surface area contributed by atoms with Crippen molar-refractivity contribution in [1.29, 1.82) is 0 Å². The number of amides is 1. The van der Waals surface area contributed by atoms with Gasteiger partial charge in [-0.15, -0.1) is 0 Å². The molecule has 1 unspecified atom stereocenters. The zero-order valence-corrected chi connectivity index (χ0v) is 15.6. The van der Waals surface area contributed by atoms with Crippen molar-refractivity contribution in [2.24, 2.45) is 10.7 Å². The number of guanidine groups is 1. The normalized spacial score (nSPS) is 18.8. The average molecular weight is 392 g/mol. The molecule has 2 N–H and O–H groups in total. The van der Waals surface area contributed by atoms with Crippen LogP contribution in [0.4, 0.5) is 8.78 Å². The average Bonchev–Trinajstić information content (AvgIpc) is 2.99. The number of hydrogen-bond donors (Lipinski definition) is 1. The van der Waals surface area contributed by atoms with Crippen LogP contribution >= 0.6 is 0 Å². The van der Waals surface area contributed by atoms with Crippen molar-refractivity contribution in [2.75, 3.05) is 7.05 Å². The molecule has 1 atom stereocenters. The topological polar surface area (TPSA) is 71.6 Å². The summed E-state index contributed by atoms with van der Waals surface area (Å²) in [5, 5.41) is 0. The third kappa shape index (κ3) is 2.95. The van der Waals surface area contributed by atoms with Gasteiger partial charge in [0.2, 0.25) is 5.54 Å². The van der Waals surface area contributed by atoms with Crippen LogP contribution in [0, 0.1) is 5.82 Å². The summed E-state index contributed by atoms with van der Waals surface area (Å²) in [6.45, 7) is -0.664. The molecule has 0 fully saturated rings. The SMILES string of the molecule is CN1C(=O)C(c2cccc(-c3ccccc3F)c2)(c2ccc(CF)cn2)N=C1N. The summed E-state index contributed by atoms with van der Waals surface area (Å²) in [6.07, 6.45) is 1.37. The van der Waals surface area contributed by atoms with Crippen LogP contribution in [0.2, 0.25) is 0 Å². The number of nitrogens with zero attached hydrogens (tertiary/aromatic N) is 3. The van der Waals surface area contributed by atoms with Crippen LogP contribution in [0.5, 0.6) is 0 Å². The zero-order valence-electron chi connectivity index (χ0n) is 15.6. The molecule has 0 saturated carbocycles. The summed E-state index contributed by atoms with van der Waals surface area (Å²) in [5.74, 6) is -0.717. The second kappa shape index (κ2) is 7.09. The molecule has 1 aliphatic heterocycles. The lowest BCUT2D eigenvalue weighted by Gasteiger charge is -2.25. The van der Waals surface area contributed by atoms with E-state index in [0.717, 1.165) is 0 Å². The Morgan fingerprint density at radius 1 is 1.10 bits per heavy atom. The van der Waals surface area contributed by atoms with Crippen molar-refractivity contribution >= 4 is 11.9 Å². The molecule has 0 saturated heterocycles. The number of hydrogen-bond acceptors (Lipinski definition) is 4. The van der Waals surface area contributed by atoms with Crippen molar-refractivity contribution in [3.8, 4) is 11.1 Å². The molecule has 0 aliphatic carbocycles. The molecule has 0 radical (unpaired) electrons. The van der Waals surface area contributed by atoms with Crippen LogP contribution in [-0.4, -0.2) is 28.8 Å². The number of pyridine rings is 1. The Labute approximate surface area is 166 Å². The van der Waals surface area contributed by atoms with Crippen LogP contribution in [0.3, 0.4) is 0 Å². The van der Waals surface area contributed by atoms with E-state index in [9.17, 15) is 13.6 Å². The Hall–Kier alpha value is -3.61. The number of carbonyl (C=O) groups excluding carboxylic acids is 1. The monoisotopic (exact) mass is 392 g/mol. The first-order valence-corrected chi connectivity index (χ1v) is 8.97. The van der Waals surface area contributed by atoms with Crippen LogP contribution in [0.1, 0.15) is 16.8 Å². The lowest BCUT2D eigenvalue weighted by molar-refractivity contribution is -0.129. The molecule has 0 bridgehead atoms. The van der Waals surface area contributed by atoms with Crippen molar-refractivity contribution in [2.45, 2.75) is 12.2 Å². The van der Waals surface area contributed by atoms with Gasteiger partial charge in [0.05, 0.1) is 5.69 Å². The van der Waals surface area contributed by atoms with Gasteiger partial charge in [-0.05, 0) is 29.3 Å². The van der Waals surface area contributed by atoms with E-state index >= 15 is 0 Å². The molecule has 1 aromatic heterocycles. The summed E-state index contributed by atoms with van der Waals surface area (Å²) in [7, 11) is 1.53. The van der Waals surface area contributed by atoms with Crippen molar-refractivity contribution in [1.82, 2.24) is 9.88 Å². The quantitative estimate of drug-likeness (QED) is 0.740. The van der Waals surface area contributed by atoms with Crippen molar-refractivity contribution in [3.63, 3.8) is 0 Å². The smallest absolute Gasteiger partial charge is 0.267 e. The molecule has 2 heterocycles. The van der Waals surface area contributed by atoms with E-state index in [1.54, 1.807) is 54.6 Å². The van der Waals surface area contributed by atoms with Crippen molar-refractivity contribution in [3.05, 3.63) is 89.5 Å². The number of nitrogens with two attached hydrogens (primary N) is 1. The number of aliphatic imine (C=N–C) groups is 1. The van der Waals surface area contributed by atoms with Gasteiger partial charge in [-0.25, -0.2) is 13.8 Å². The molecular weight excluding hydrogens is 374 g/mol. The number of rotatable bonds is 4. The Kier molecular flexibility index (Phi) is 4.58. The Morgan fingerprint density at radius 3 is 2.52 bits per heavy atom. The van der Waals surface area contributed by atoms with E-state index in [4.69, 9.17) is 5.73 Å². The molecule has 29 heavy (non-hydrogen) atoms. The van der Waals surface area contributed by atoms with Gasteiger partial charge >= 0.3 is 0 Å². The van der Waals surface area contributed by atoms with E-state index in [0.29, 0.717) is 27.9 Å². The molecule has 2 aromatic carbocycles. The second-order valence-electron chi connectivity index (χ2n) is 6.79. The maximum atomic E-state index is 14.3. The van der Waals surface area contributed by atoms with Gasteiger partial charge in [-0.1, -0.05) is 42.5 Å². The number of likely N-dealkylation sites (N-methyl/N-ethyl adjacent to an activating group) is 1. The van der Waals surface area contributed by atoms with Crippen LogP contribution in [-0.2, 0) is 17.0 Å². The Morgan fingerprint density at radius 2 is 1.90 bits per heavy atom. The lowest BCUT2D eigenvalue weighted by atomic mass is 9.84. The minimum absolute atomic E-state index is 0.0441. The third-order valence-corrected chi connectivity index (χ3v) is 5.05. The number of halogens is 2. The molecule has 0 spiro atoms. The summed E-state index contributed by atoms with van der Waals surface area (Å²) in [5.41, 5.74) is 6.64. The summed E-state index contributed by atoms with van der Waals surface area (Å²) in [4.78, 5) is 23.3. The van der Waals surface area contributed by atoms with Gasteiger partial charge in [0.25, 0.3) is 5.91 Å². The number of benzene rings is 2. The molecule has 7 heteroatoms. The van der Waals surface area contributed by atoms with Crippen LogP contribution < -0.4 is 5.73 Å². The lowest BCUT2D eigenvalue weighted by Crippen LogP contribution is -2.41. The summed E-state index contributed by atoms with van der Waals surface area (Å²) >= 11 is 0. The molecule has 1 aliphatic rings. The zero-order chi connectivity index (χ0) is 20.6. The predicted octanol–water partition coefficient (Wildman–Crippen LogP) is 3.39. The largest absolute Gasteiger partial charge is 0.369 e. The fourth-order valence-electron chi connectivity index (χ4n) is 3.47. The van der Waals surface area contributed by atoms with Gasteiger partial charge in [0.15, 0.2) is 5.96 Å². The highest BCUT2D eigenvalue weighted by molar-refractivity contribution is 6.08. The highest BCUT2D eigenvalue weighted by Crippen LogP contribution is 2.39. The molecule has 5 nitrogen and oxygen atoms in total. The van der Waals surface area contributed by atoms with Crippen LogP contribution in [0.15, 0.2) is 71.9 Å². The van der Waals surface area contributed by atoms with E-state index in [-0.39, 0.29) is 17.7 Å². The first-order valence-electron chi connectivity index (χ1n) is 8.97. The minimum Gasteiger partial charge on any atom is -0.369 e. The van der Waals surface area contributed by atoms with Gasteiger partial charge in [-0.2, -0.15) is 0 Å². The highest BCUT2D eigenvalue weighted by atomic mass is 19.1. The van der Waals surface area contributed by atoms with Crippen LogP contribution in [0.25, 0.3) is 11.1 Å². The molecule has 146 valence electrons. The molecule has 4 rings (SSSR count). The van der Waals surface area contributed by atoms with E-state index < -0.39 is 12.2 Å². The van der Waals surface area contributed by atoms with E-state index in [1.807, 2.05) is 0 Å². The first-order chi connectivity index (χ1) is 14.0. The highest BCUT2D eigenvalue weighted by Gasteiger charge is 2.50. The third-order valence-electron chi connectivity index (χ3n) is 5.05. The second-order valence-corrected chi connectivity index (χ2v) is 6.79. The molecule has 3 aromatic rings. The van der Waals surface area contributed by atoms with Gasteiger partial charge in [-0.3, -0.25) is 14.7 Å². The number of aromatic nitrogens is 1. The standard InChI is InChI=1S/C22H18F2N4O/c1-28-20(29)22(27-21(28)25,19-10-9-14(12-23)13-26-19)16-6-4-5-15(11-16)17-7-2-3-8-18(17)24/h2-11,13H,12H2,1H3,(H2,25,27). The van der Waals surface area contributed by atoms with Gasteiger partial charge in [0.1, 0.15) is 12.5 Å². The van der Waals surface area contributed by atoms with Gasteiger partial charge in [0, 0.05) is 24.4 Å². The number of alkyl halides is 1. The summed E-state index contributed by atoms with van der Waals surface area (Å²) in [6, 6.07) is 16.4. The first kappa shape index (κ1) is 18.7. The minimum atomic E-state index is -1.52. The Bertz CT molecular complexity index is 1110. The number of carbonyl (C=O) groups is 1. The van der Waals surface area contributed by atoms with E-state index in [1.165, 1.54) is 24.2 Å². The fraction of sp³-hybridized carbons (Fsp3) is 0.136. The fourth-order valence-corrected chi connectivity index (χ4v) is 3.47. The Balaban J connectivity index is 1.93. The van der Waals surface area contributed by atoms with Crippen molar-refractivity contribution < 1.29 is 13.6 Å². The molecular formula is C22H18F2N4O. The molecule has 1 amide bonds. The predicted molar refractivity (Wildman–Crippen MR) is 106 cm³/mol. The van der Waals surface area contributed by atoms with E-state index in [2.05, 4.69) is 9.98 Å². The summed E-state index contributed by atoms with van der Waals surface area (Å²) < 4.78 is 27.2. The maximum absolute atomic E-state index is 14.3. The maximum Gasteiger partial charge on any atom is 0.267 e. The van der Waals surface area contributed by atoms with Gasteiger partial charge < -0.3 is 5.73 Å².